The molecule has 0 aliphatic rings. The topological polar surface area (TPSA) is 44.1 Å². The molecule has 0 aliphatic heterocycles. The second kappa shape index (κ2) is 4.45. The first-order valence-corrected chi connectivity index (χ1v) is 4.07. The fourth-order valence-electron chi connectivity index (χ4n) is 0.867. The molecular weight excluding hydrogens is 168 g/mol. The maximum atomic E-state index is 11.1. The second-order valence-electron chi connectivity index (χ2n) is 2.54. The van der Waals surface area contributed by atoms with E-state index in [2.05, 4.69) is 4.98 Å². The highest BCUT2D eigenvalue weighted by molar-refractivity contribution is 5.90. The highest BCUT2D eigenvalue weighted by Crippen LogP contribution is 1.99. The minimum absolute atomic E-state index is 0.295. The molecule has 1 aromatic rings. The van der Waals surface area contributed by atoms with Gasteiger partial charge in [-0.15, -0.1) is 0 Å². The predicted octanol–water partition coefficient (Wildman–Crippen LogP) is 1.31. The molecule has 0 fully saturated rings. The van der Waals surface area contributed by atoms with Gasteiger partial charge in [-0.05, 0) is 13.8 Å². The van der Waals surface area contributed by atoms with Crippen LogP contribution in [0, 0.1) is 0 Å². The summed E-state index contributed by atoms with van der Waals surface area (Å²) in [4.78, 5) is 15.0. The number of imidazole rings is 1. The highest BCUT2D eigenvalue weighted by Gasteiger charge is 2.03. The van der Waals surface area contributed by atoms with Crippen LogP contribution in [0.3, 0.4) is 0 Å². The molecular formula is C9H12N2O2. The van der Waals surface area contributed by atoms with Crippen molar-refractivity contribution in [3.63, 3.8) is 0 Å². The first kappa shape index (κ1) is 9.51. The van der Waals surface area contributed by atoms with E-state index in [9.17, 15) is 4.79 Å². The average molecular weight is 180 g/mol. The minimum Gasteiger partial charge on any atom is -0.463 e. The van der Waals surface area contributed by atoms with Crippen LogP contribution in [0.1, 0.15) is 13.8 Å². The molecule has 0 aliphatic carbocycles. The molecule has 4 nitrogen and oxygen atoms in total. The van der Waals surface area contributed by atoms with Crippen molar-refractivity contribution in [2.45, 2.75) is 13.8 Å². The first-order valence-electron chi connectivity index (χ1n) is 4.07. The zero-order valence-electron chi connectivity index (χ0n) is 7.73. The van der Waals surface area contributed by atoms with E-state index in [1.54, 1.807) is 43.3 Å². The van der Waals surface area contributed by atoms with Gasteiger partial charge in [0.05, 0.1) is 18.5 Å². The Morgan fingerprint density at radius 1 is 1.69 bits per heavy atom. The van der Waals surface area contributed by atoms with Crippen LogP contribution in [0.2, 0.25) is 0 Å². The van der Waals surface area contributed by atoms with Crippen molar-refractivity contribution in [1.82, 2.24) is 9.55 Å². The van der Waals surface area contributed by atoms with Gasteiger partial charge in [0.1, 0.15) is 0 Å². The van der Waals surface area contributed by atoms with Crippen molar-refractivity contribution >= 4 is 12.2 Å². The lowest BCUT2D eigenvalue weighted by molar-refractivity contribution is -0.138. The Hall–Kier alpha value is -1.58. The number of aromatic nitrogens is 2. The van der Waals surface area contributed by atoms with Gasteiger partial charge in [-0.3, -0.25) is 0 Å². The van der Waals surface area contributed by atoms with Gasteiger partial charge in [0.25, 0.3) is 0 Å². The Kier molecular flexibility index (Phi) is 3.25. The molecule has 13 heavy (non-hydrogen) atoms. The van der Waals surface area contributed by atoms with Gasteiger partial charge in [-0.1, -0.05) is 0 Å². The smallest absolute Gasteiger partial charge is 0.335 e. The van der Waals surface area contributed by atoms with Crippen molar-refractivity contribution in [2.75, 3.05) is 6.61 Å². The minimum atomic E-state index is -0.295. The molecule has 1 heterocycles. The number of ether oxygens (including phenoxy) is 1. The summed E-state index contributed by atoms with van der Waals surface area (Å²) in [5.74, 6) is -0.295. The van der Waals surface area contributed by atoms with Gasteiger partial charge < -0.3 is 9.30 Å². The SMILES string of the molecule is CCOC(=O)C(C)=Cn1ccnc1. The molecule has 0 unspecified atom stereocenters. The van der Waals surface area contributed by atoms with Crippen molar-refractivity contribution in [1.29, 1.82) is 0 Å². The number of hydrogen-bond donors (Lipinski definition) is 0. The van der Waals surface area contributed by atoms with Crippen LogP contribution < -0.4 is 0 Å². The number of esters is 1. The van der Waals surface area contributed by atoms with Crippen molar-refractivity contribution in [3.8, 4) is 0 Å². The summed E-state index contributed by atoms with van der Waals surface area (Å²) in [6.45, 7) is 3.88. The Morgan fingerprint density at radius 3 is 3.00 bits per heavy atom. The third kappa shape index (κ3) is 2.74. The van der Waals surface area contributed by atoms with E-state index in [0.717, 1.165) is 0 Å². The third-order valence-corrected chi connectivity index (χ3v) is 1.46. The lowest BCUT2D eigenvalue weighted by Gasteiger charge is -2.00. The van der Waals surface area contributed by atoms with E-state index >= 15 is 0 Å². The number of carbonyl (C=O) groups is 1. The maximum absolute atomic E-state index is 11.1. The summed E-state index contributed by atoms with van der Waals surface area (Å²) < 4.78 is 6.51. The molecule has 0 bridgehead atoms. The number of carbonyl (C=O) groups excluding carboxylic acids is 1. The van der Waals surface area contributed by atoms with Crippen LogP contribution in [0.4, 0.5) is 0 Å². The molecule has 1 aromatic heterocycles. The third-order valence-electron chi connectivity index (χ3n) is 1.46. The first-order chi connectivity index (χ1) is 6.24. The molecule has 0 saturated carbocycles. The lowest BCUT2D eigenvalue weighted by Crippen LogP contribution is -2.05. The summed E-state index contributed by atoms with van der Waals surface area (Å²) in [6, 6.07) is 0. The van der Waals surface area contributed by atoms with Crippen LogP contribution in [0.25, 0.3) is 6.20 Å². The van der Waals surface area contributed by atoms with E-state index in [0.29, 0.717) is 12.2 Å². The van der Waals surface area contributed by atoms with Crippen LogP contribution >= 0.6 is 0 Å². The van der Waals surface area contributed by atoms with Gasteiger partial charge in [-0.2, -0.15) is 0 Å². The predicted molar refractivity (Wildman–Crippen MR) is 48.8 cm³/mol. The Balaban J connectivity index is 2.66. The zero-order chi connectivity index (χ0) is 9.68. The number of rotatable bonds is 3. The highest BCUT2D eigenvalue weighted by atomic mass is 16.5. The van der Waals surface area contributed by atoms with E-state index in [-0.39, 0.29) is 5.97 Å². The Bertz CT molecular complexity index is 301. The number of hydrogen-bond acceptors (Lipinski definition) is 3. The Labute approximate surface area is 76.8 Å². The second-order valence-corrected chi connectivity index (χ2v) is 2.54. The van der Waals surface area contributed by atoms with Crippen molar-refractivity contribution in [3.05, 3.63) is 24.3 Å². The molecule has 0 spiro atoms. The molecule has 4 heteroatoms. The van der Waals surface area contributed by atoms with E-state index in [1.165, 1.54) is 0 Å². The molecule has 0 aromatic carbocycles. The van der Waals surface area contributed by atoms with Crippen molar-refractivity contribution in [2.24, 2.45) is 0 Å². The van der Waals surface area contributed by atoms with Crippen molar-refractivity contribution < 1.29 is 9.53 Å². The summed E-state index contributed by atoms with van der Waals surface area (Å²) in [5, 5.41) is 0. The molecule has 1 rings (SSSR count). The van der Waals surface area contributed by atoms with Crippen LogP contribution in [0.15, 0.2) is 24.3 Å². The largest absolute Gasteiger partial charge is 0.463 e. The number of nitrogens with zero attached hydrogens (tertiary/aromatic N) is 2. The van der Waals surface area contributed by atoms with E-state index in [1.807, 2.05) is 0 Å². The standard InChI is InChI=1S/C9H12N2O2/c1-3-13-9(12)8(2)6-11-5-4-10-7-11/h4-7H,3H2,1-2H3. The summed E-state index contributed by atoms with van der Waals surface area (Å²) >= 11 is 0. The molecule has 0 radical (unpaired) electrons. The van der Waals surface area contributed by atoms with Gasteiger partial charge >= 0.3 is 5.97 Å². The Morgan fingerprint density at radius 2 is 2.46 bits per heavy atom. The monoisotopic (exact) mass is 180 g/mol. The normalized spacial score (nSPS) is 11.4. The fourth-order valence-corrected chi connectivity index (χ4v) is 0.867. The lowest BCUT2D eigenvalue weighted by atomic mass is 10.3. The van der Waals surface area contributed by atoms with Gasteiger partial charge in [-0.25, -0.2) is 9.78 Å². The molecule has 0 N–H and O–H groups in total. The summed E-state index contributed by atoms with van der Waals surface area (Å²) in [6.07, 6.45) is 6.69. The van der Waals surface area contributed by atoms with Gasteiger partial charge in [0.2, 0.25) is 0 Å². The van der Waals surface area contributed by atoms with Crippen LogP contribution in [-0.2, 0) is 9.53 Å². The van der Waals surface area contributed by atoms with Gasteiger partial charge in [0.15, 0.2) is 0 Å². The fraction of sp³-hybridized carbons (Fsp3) is 0.333. The average Bonchev–Trinajstić information content (AvgIpc) is 2.57. The van der Waals surface area contributed by atoms with E-state index < -0.39 is 0 Å². The molecule has 0 amide bonds. The van der Waals surface area contributed by atoms with Crippen LogP contribution in [0.5, 0.6) is 0 Å². The van der Waals surface area contributed by atoms with Crippen LogP contribution in [-0.4, -0.2) is 22.1 Å². The molecule has 0 atom stereocenters. The summed E-state index contributed by atoms with van der Waals surface area (Å²) in [7, 11) is 0. The quantitative estimate of drug-likeness (QED) is 0.520. The van der Waals surface area contributed by atoms with Gasteiger partial charge in [0, 0.05) is 18.6 Å². The zero-order valence-corrected chi connectivity index (χ0v) is 7.73. The maximum Gasteiger partial charge on any atom is 0.335 e. The van der Waals surface area contributed by atoms with E-state index in [4.69, 9.17) is 4.74 Å². The molecule has 0 saturated heterocycles. The summed E-state index contributed by atoms with van der Waals surface area (Å²) in [5.41, 5.74) is 0.555. The molecule has 70 valence electrons.